The molecule has 0 aliphatic carbocycles. The van der Waals surface area contributed by atoms with Crippen molar-refractivity contribution in [2.75, 3.05) is 7.11 Å². The van der Waals surface area contributed by atoms with E-state index in [2.05, 4.69) is 10.3 Å². The van der Waals surface area contributed by atoms with Gasteiger partial charge >= 0.3 is 5.97 Å². The summed E-state index contributed by atoms with van der Waals surface area (Å²) in [5.74, 6) is 0.270. The van der Waals surface area contributed by atoms with Crippen molar-refractivity contribution in [3.8, 4) is 11.5 Å². The number of ether oxygens (including phenoxy) is 2. The number of aromatic amines is 1. The number of carbonyl (C=O) groups is 1. The van der Waals surface area contributed by atoms with E-state index in [1.807, 2.05) is 72.9 Å². The lowest BCUT2D eigenvalue weighted by Gasteiger charge is -2.16. The Bertz CT molecular complexity index is 1250. The minimum absolute atomic E-state index is 0.319. The molecule has 1 heterocycles. The molecule has 3 N–H and O–H groups in total. The van der Waals surface area contributed by atoms with Crippen LogP contribution in [0.5, 0.6) is 11.5 Å². The zero-order valence-corrected chi connectivity index (χ0v) is 18.9. The van der Waals surface area contributed by atoms with E-state index in [0.29, 0.717) is 36.1 Å². The molecule has 0 radical (unpaired) electrons. The first-order valence-electron chi connectivity index (χ1n) is 10.6. The highest BCUT2D eigenvalue weighted by molar-refractivity contribution is 6.31. The topological polar surface area (TPSA) is 83.6 Å². The van der Waals surface area contributed by atoms with Crippen LogP contribution in [0.25, 0.3) is 10.9 Å². The third kappa shape index (κ3) is 5.48. The Morgan fingerprint density at radius 2 is 1.85 bits per heavy atom. The molecule has 170 valence electrons. The van der Waals surface area contributed by atoms with Gasteiger partial charge in [0.1, 0.15) is 12.6 Å². The molecule has 1 atom stereocenters. The molecule has 3 aromatic carbocycles. The van der Waals surface area contributed by atoms with Crippen LogP contribution in [0, 0.1) is 0 Å². The van der Waals surface area contributed by atoms with Crippen molar-refractivity contribution in [1.82, 2.24) is 10.3 Å². The van der Waals surface area contributed by atoms with E-state index in [9.17, 15) is 9.90 Å². The molecule has 0 saturated carbocycles. The molecular weight excluding hydrogens is 440 g/mol. The zero-order chi connectivity index (χ0) is 23.2. The van der Waals surface area contributed by atoms with Gasteiger partial charge in [0.25, 0.3) is 0 Å². The van der Waals surface area contributed by atoms with Crippen LogP contribution >= 0.6 is 11.6 Å². The van der Waals surface area contributed by atoms with Crippen LogP contribution in [0.4, 0.5) is 0 Å². The number of para-hydroxylation sites is 1. The second-order valence-corrected chi connectivity index (χ2v) is 8.11. The van der Waals surface area contributed by atoms with Gasteiger partial charge in [0.15, 0.2) is 11.5 Å². The van der Waals surface area contributed by atoms with E-state index in [1.165, 1.54) is 0 Å². The SMILES string of the molecule is COc1cc(CN[C@H](Cc2c[nH]c3ccccc23)C(=O)O)ccc1OCc1ccccc1Cl. The molecule has 0 bridgehead atoms. The molecule has 6 nitrogen and oxygen atoms in total. The second-order valence-electron chi connectivity index (χ2n) is 7.70. The van der Waals surface area contributed by atoms with E-state index >= 15 is 0 Å². The predicted molar refractivity (Wildman–Crippen MR) is 129 cm³/mol. The van der Waals surface area contributed by atoms with Crippen LogP contribution in [0.1, 0.15) is 16.7 Å². The van der Waals surface area contributed by atoms with E-state index in [0.717, 1.165) is 27.6 Å². The summed E-state index contributed by atoms with van der Waals surface area (Å²) in [6.45, 7) is 0.694. The minimum Gasteiger partial charge on any atom is -0.493 e. The minimum atomic E-state index is -0.896. The third-order valence-corrected chi connectivity index (χ3v) is 5.89. The molecular formula is C26H25ClN2O4. The maximum absolute atomic E-state index is 11.9. The average Bonchev–Trinajstić information content (AvgIpc) is 3.24. The standard InChI is InChI=1S/C26H25ClN2O4/c1-32-25-12-17(10-11-24(25)33-16-18-6-2-4-8-21(18)27)14-28-23(26(30)31)13-19-15-29-22-9-5-3-7-20(19)22/h2-12,15,23,28-29H,13-14,16H2,1H3,(H,30,31)/t23-/m1/s1. The average molecular weight is 465 g/mol. The number of hydrogen-bond donors (Lipinski definition) is 3. The summed E-state index contributed by atoms with van der Waals surface area (Å²) >= 11 is 6.20. The molecule has 0 amide bonds. The summed E-state index contributed by atoms with van der Waals surface area (Å²) in [6.07, 6.45) is 2.24. The first kappa shape index (κ1) is 22.7. The highest BCUT2D eigenvalue weighted by atomic mass is 35.5. The van der Waals surface area contributed by atoms with Crippen LogP contribution in [-0.2, 0) is 24.4 Å². The van der Waals surface area contributed by atoms with Gasteiger partial charge in [-0.05, 0) is 35.4 Å². The van der Waals surface area contributed by atoms with Crippen LogP contribution in [-0.4, -0.2) is 29.2 Å². The molecule has 0 saturated heterocycles. The number of rotatable bonds is 10. The Balaban J connectivity index is 1.42. The van der Waals surface area contributed by atoms with Gasteiger partial charge in [-0.2, -0.15) is 0 Å². The highest BCUT2D eigenvalue weighted by Gasteiger charge is 2.19. The Hall–Kier alpha value is -3.48. The van der Waals surface area contributed by atoms with Crippen molar-refractivity contribution in [2.24, 2.45) is 0 Å². The monoisotopic (exact) mass is 464 g/mol. The Morgan fingerprint density at radius 3 is 2.64 bits per heavy atom. The second kappa shape index (κ2) is 10.4. The lowest BCUT2D eigenvalue weighted by Crippen LogP contribution is -2.38. The van der Waals surface area contributed by atoms with E-state index in [-0.39, 0.29) is 0 Å². The summed E-state index contributed by atoms with van der Waals surface area (Å²) in [4.78, 5) is 15.1. The normalized spacial score (nSPS) is 11.9. The van der Waals surface area contributed by atoms with Gasteiger partial charge in [-0.15, -0.1) is 0 Å². The Labute approximate surface area is 197 Å². The number of halogens is 1. The number of methoxy groups -OCH3 is 1. The van der Waals surface area contributed by atoms with Crippen molar-refractivity contribution in [3.05, 3.63) is 94.6 Å². The molecule has 1 aromatic heterocycles. The van der Waals surface area contributed by atoms with Gasteiger partial charge in [0.2, 0.25) is 0 Å². The van der Waals surface area contributed by atoms with Crippen molar-refractivity contribution in [2.45, 2.75) is 25.6 Å². The van der Waals surface area contributed by atoms with Crippen molar-refractivity contribution < 1.29 is 19.4 Å². The van der Waals surface area contributed by atoms with Crippen molar-refractivity contribution >= 4 is 28.5 Å². The molecule has 33 heavy (non-hydrogen) atoms. The highest BCUT2D eigenvalue weighted by Crippen LogP contribution is 2.30. The molecule has 0 unspecified atom stereocenters. The number of hydrogen-bond acceptors (Lipinski definition) is 4. The Kier molecular flexibility index (Phi) is 7.17. The Morgan fingerprint density at radius 1 is 1.06 bits per heavy atom. The smallest absolute Gasteiger partial charge is 0.321 e. The number of nitrogens with one attached hydrogen (secondary N) is 2. The van der Waals surface area contributed by atoms with Gasteiger partial charge in [0, 0.05) is 40.7 Å². The zero-order valence-electron chi connectivity index (χ0n) is 18.2. The molecule has 0 fully saturated rings. The first-order valence-corrected chi connectivity index (χ1v) is 11.0. The molecule has 0 aliphatic heterocycles. The largest absolute Gasteiger partial charge is 0.493 e. The summed E-state index contributed by atoms with van der Waals surface area (Å²) in [7, 11) is 1.58. The fourth-order valence-electron chi connectivity index (χ4n) is 3.72. The van der Waals surface area contributed by atoms with Gasteiger partial charge in [-0.1, -0.05) is 54.1 Å². The fraction of sp³-hybridized carbons (Fsp3) is 0.192. The number of fused-ring (bicyclic) bond motifs is 1. The number of carboxylic acid groups (broad SMARTS) is 1. The maximum Gasteiger partial charge on any atom is 0.321 e. The molecule has 7 heteroatoms. The van der Waals surface area contributed by atoms with Gasteiger partial charge in [0.05, 0.1) is 7.11 Å². The number of H-pyrrole nitrogens is 1. The summed E-state index contributed by atoms with van der Waals surface area (Å²) < 4.78 is 11.4. The summed E-state index contributed by atoms with van der Waals surface area (Å²) in [6, 6.07) is 20.2. The molecule has 4 aromatic rings. The quantitative estimate of drug-likeness (QED) is 0.300. The van der Waals surface area contributed by atoms with Crippen LogP contribution in [0.3, 0.4) is 0 Å². The first-order chi connectivity index (χ1) is 16.0. The maximum atomic E-state index is 11.9. The van der Waals surface area contributed by atoms with E-state index < -0.39 is 12.0 Å². The van der Waals surface area contributed by atoms with E-state index in [1.54, 1.807) is 7.11 Å². The number of benzene rings is 3. The lowest BCUT2D eigenvalue weighted by molar-refractivity contribution is -0.139. The predicted octanol–water partition coefficient (Wildman–Crippen LogP) is 5.19. The molecule has 0 spiro atoms. The number of aromatic nitrogens is 1. The van der Waals surface area contributed by atoms with Crippen LogP contribution in [0.15, 0.2) is 72.9 Å². The van der Waals surface area contributed by atoms with Gasteiger partial charge < -0.3 is 24.9 Å². The third-order valence-electron chi connectivity index (χ3n) is 5.52. The fourth-order valence-corrected chi connectivity index (χ4v) is 3.91. The van der Waals surface area contributed by atoms with E-state index in [4.69, 9.17) is 21.1 Å². The van der Waals surface area contributed by atoms with Crippen LogP contribution < -0.4 is 14.8 Å². The molecule has 0 aliphatic rings. The summed E-state index contributed by atoms with van der Waals surface area (Å²) in [5.41, 5.74) is 3.73. The van der Waals surface area contributed by atoms with Gasteiger partial charge in [-0.25, -0.2) is 0 Å². The van der Waals surface area contributed by atoms with Gasteiger partial charge in [-0.3, -0.25) is 4.79 Å². The lowest BCUT2D eigenvalue weighted by atomic mass is 10.0. The van der Waals surface area contributed by atoms with Crippen molar-refractivity contribution in [1.29, 1.82) is 0 Å². The number of aliphatic carboxylic acids is 1. The summed E-state index contributed by atoms with van der Waals surface area (Å²) in [5, 5.41) is 14.6. The molecule has 4 rings (SSSR count). The number of carboxylic acids is 1. The van der Waals surface area contributed by atoms with Crippen LogP contribution in [0.2, 0.25) is 5.02 Å². The van der Waals surface area contributed by atoms with Crippen molar-refractivity contribution in [3.63, 3.8) is 0 Å².